The molecular formula is C17H26O5. The molecule has 1 atom stereocenters. The van der Waals surface area contributed by atoms with E-state index in [9.17, 15) is 14.4 Å². The second-order valence-corrected chi connectivity index (χ2v) is 6.20. The summed E-state index contributed by atoms with van der Waals surface area (Å²) in [5, 5.41) is 0. The minimum Gasteiger partial charge on any atom is -0.484 e. The zero-order valence-corrected chi connectivity index (χ0v) is 14.3. The number of ether oxygens (including phenoxy) is 2. The summed E-state index contributed by atoms with van der Waals surface area (Å²) in [6.07, 6.45) is 0.722. The van der Waals surface area contributed by atoms with E-state index in [4.69, 9.17) is 9.47 Å². The summed E-state index contributed by atoms with van der Waals surface area (Å²) in [6, 6.07) is 0. The van der Waals surface area contributed by atoms with E-state index in [-0.39, 0.29) is 29.5 Å². The molecule has 1 unspecified atom stereocenters. The van der Waals surface area contributed by atoms with Gasteiger partial charge in [0.15, 0.2) is 0 Å². The van der Waals surface area contributed by atoms with Crippen LogP contribution in [-0.4, -0.2) is 29.6 Å². The van der Waals surface area contributed by atoms with Crippen molar-refractivity contribution in [3.05, 3.63) is 11.5 Å². The zero-order valence-electron chi connectivity index (χ0n) is 14.3. The Morgan fingerprint density at radius 3 is 1.68 bits per heavy atom. The Bertz CT molecular complexity index is 455. The van der Waals surface area contributed by atoms with Gasteiger partial charge < -0.3 is 9.47 Å². The second kappa shape index (κ2) is 7.56. The van der Waals surface area contributed by atoms with Crippen molar-refractivity contribution in [3.8, 4) is 0 Å². The Morgan fingerprint density at radius 2 is 1.41 bits per heavy atom. The smallest absolute Gasteiger partial charge is 0.213 e. The molecule has 0 saturated heterocycles. The molecule has 0 spiro atoms. The predicted molar refractivity (Wildman–Crippen MR) is 82.1 cm³/mol. The van der Waals surface area contributed by atoms with E-state index < -0.39 is 23.4 Å². The number of hydrogen-bond acceptors (Lipinski definition) is 5. The number of hydrogen-bond donors (Lipinski definition) is 0. The predicted octanol–water partition coefficient (Wildman–Crippen LogP) is 2.82. The third-order valence-corrected chi connectivity index (χ3v) is 3.45. The maximum atomic E-state index is 12.6. The van der Waals surface area contributed by atoms with Crippen molar-refractivity contribution < 1.29 is 23.9 Å². The first kappa shape index (κ1) is 18.4. The van der Waals surface area contributed by atoms with Gasteiger partial charge in [-0.2, -0.15) is 0 Å². The van der Waals surface area contributed by atoms with Crippen LogP contribution in [0.3, 0.4) is 0 Å². The van der Waals surface area contributed by atoms with Gasteiger partial charge in [-0.05, 0) is 41.0 Å². The maximum absolute atomic E-state index is 12.6. The largest absolute Gasteiger partial charge is 0.484 e. The lowest BCUT2D eigenvalue weighted by Crippen LogP contribution is -2.32. The summed E-state index contributed by atoms with van der Waals surface area (Å²) in [7, 11) is 0. The van der Waals surface area contributed by atoms with Crippen LogP contribution in [0.1, 0.15) is 54.4 Å². The number of rotatable bonds is 8. The molecule has 1 rings (SSSR count). The summed E-state index contributed by atoms with van der Waals surface area (Å²) in [6.45, 7) is 10.5. The molecule has 0 bridgehead atoms. The topological polar surface area (TPSA) is 69.7 Å². The van der Waals surface area contributed by atoms with Gasteiger partial charge in [0.1, 0.15) is 11.7 Å². The normalized spacial score (nSPS) is 17.6. The van der Waals surface area contributed by atoms with Gasteiger partial charge in [0, 0.05) is 5.92 Å². The van der Waals surface area contributed by atoms with Gasteiger partial charge in [0.2, 0.25) is 23.1 Å². The number of carbonyl (C=O) groups excluding carboxylic acids is 3. The van der Waals surface area contributed by atoms with E-state index in [1.165, 1.54) is 6.92 Å². The Kier molecular flexibility index (Phi) is 6.33. The lowest BCUT2D eigenvalue weighted by Gasteiger charge is -2.18. The summed E-state index contributed by atoms with van der Waals surface area (Å²) in [5.41, 5.74) is 0. The molecule has 0 aromatic rings. The molecule has 0 fully saturated rings. The van der Waals surface area contributed by atoms with E-state index in [0.29, 0.717) is 6.42 Å². The molecule has 124 valence electrons. The molecule has 0 radical (unpaired) electrons. The van der Waals surface area contributed by atoms with Crippen molar-refractivity contribution in [2.24, 2.45) is 11.8 Å². The molecule has 1 aliphatic rings. The van der Waals surface area contributed by atoms with Crippen molar-refractivity contribution in [1.29, 1.82) is 0 Å². The van der Waals surface area contributed by atoms with Crippen molar-refractivity contribution in [2.75, 3.05) is 0 Å². The quantitative estimate of drug-likeness (QED) is 0.645. The van der Waals surface area contributed by atoms with Gasteiger partial charge in [0.05, 0.1) is 12.2 Å². The fourth-order valence-electron chi connectivity index (χ4n) is 2.60. The lowest BCUT2D eigenvalue weighted by molar-refractivity contribution is -0.137. The minimum absolute atomic E-state index is 0.0268. The standard InChI is InChI=1S/C17H26O5/c1-7-8-12(11(6)18)13-14(19)16(21-9(2)3)17(15(13)20)22-10(4)5/h9-10,12-13H,7-8H2,1-6H3. The third kappa shape index (κ3) is 3.96. The molecule has 0 aromatic carbocycles. The van der Waals surface area contributed by atoms with Crippen LogP contribution in [0, 0.1) is 11.8 Å². The molecule has 0 aliphatic heterocycles. The van der Waals surface area contributed by atoms with E-state index in [1.54, 1.807) is 27.7 Å². The lowest BCUT2D eigenvalue weighted by atomic mass is 9.82. The highest BCUT2D eigenvalue weighted by atomic mass is 16.5. The maximum Gasteiger partial charge on any atom is 0.213 e. The fraction of sp³-hybridized carbons (Fsp3) is 0.706. The van der Waals surface area contributed by atoms with Crippen LogP contribution in [-0.2, 0) is 23.9 Å². The Hall–Kier alpha value is -1.65. The van der Waals surface area contributed by atoms with Crippen LogP contribution in [0.2, 0.25) is 0 Å². The molecule has 0 saturated carbocycles. The first-order chi connectivity index (χ1) is 10.2. The van der Waals surface area contributed by atoms with Gasteiger partial charge in [-0.15, -0.1) is 0 Å². The molecule has 5 heteroatoms. The van der Waals surface area contributed by atoms with Gasteiger partial charge in [-0.1, -0.05) is 13.3 Å². The van der Waals surface area contributed by atoms with E-state index in [1.807, 2.05) is 6.92 Å². The van der Waals surface area contributed by atoms with Crippen LogP contribution < -0.4 is 0 Å². The summed E-state index contributed by atoms with van der Waals surface area (Å²) in [5.74, 6) is -2.67. The highest BCUT2D eigenvalue weighted by Gasteiger charge is 2.49. The molecule has 0 amide bonds. The number of allylic oxidation sites excluding steroid dienone is 2. The first-order valence-electron chi connectivity index (χ1n) is 7.87. The van der Waals surface area contributed by atoms with Crippen molar-refractivity contribution >= 4 is 17.3 Å². The van der Waals surface area contributed by atoms with Gasteiger partial charge in [-0.3, -0.25) is 14.4 Å². The van der Waals surface area contributed by atoms with Crippen LogP contribution in [0.4, 0.5) is 0 Å². The van der Waals surface area contributed by atoms with Crippen LogP contribution in [0.25, 0.3) is 0 Å². The van der Waals surface area contributed by atoms with Crippen LogP contribution in [0.15, 0.2) is 11.5 Å². The molecule has 0 aromatic heterocycles. The van der Waals surface area contributed by atoms with Crippen molar-refractivity contribution in [3.63, 3.8) is 0 Å². The van der Waals surface area contributed by atoms with Crippen molar-refractivity contribution in [2.45, 2.75) is 66.6 Å². The summed E-state index contributed by atoms with van der Waals surface area (Å²) < 4.78 is 11.0. The monoisotopic (exact) mass is 310 g/mol. The SMILES string of the molecule is CCCC(C(C)=O)C1C(=O)C(OC(C)C)=C(OC(C)C)C1=O. The summed E-state index contributed by atoms with van der Waals surface area (Å²) >= 11 is 0. The first-order valence-corrected chi connectivity index (χ1v) is 7.87. The highest BCUT2D eigenvalue weighted by molar-refractivity contribution is 6.24. The van der Waals surface area contributed by atoms with Gasteiger partial charge in [-0.25, -0.2) is 0 Å². The Morgan fingerprint density at radius 1 is 1.00 bits per heavy atom. The van der Waals surface area contributed by atoms with Crippen LogP contribution >= 0.6 is 0 Å². The van der Waals surface area contributed by atoms with Crippen molar-refractivity contribution in [1.82, 2.24) is 0 Å². The average molecular weight is 310 g/mol. The average Bonchev–Trinajstić information content (AvgIpc) is 2.60. The molecular weight excluding hydrogens is 284 g/mol. The van der Waals surface area contributed by atoms with Gasteiger partial charge in [0.25, 0.3) is 0 Å². The number of carbonyl (C=O) groups is 3. The third-order valence-electron chi connectivity index (χ3n) is 3.45. The number of Topliss-reactive ketones (excluding diaryl/α,β-unsaturated/α-hetero) is 3. The van der Waals surface area contributed by atoms with E-state index in [0.717, 1.165) is 6.42 Å². The highest BCUT2D eigenvalue weighted by Crippen LogP contribution is 2.35. The van der Waals surface area contributed by atoms with Gasteiger partial charge >= 0.3 is 0 Å². The molecule has 0 N–H and O–H groups in total. The second-order valence-electron chi connectivity index (χ2n) is 6.20. The molecule has 5 nitrogen and oxygen atoms in total. The molecule has 1 aliphatic carbocycles. The minimum atomic E-state index is -1.00. The van der Waals surface area contributed by atoms with E-state index in [2.05, 4.69) is 0 Å². The number of ketones is 3. The molecule has 22 heavy (non-hydrogen) atoms. The van der Waals surface area contributed by atoms with E-state index >= 15 is 0 Å². The summed E-state index contributed by atoms with van der Waals surface area (Å²) in [4.78, 5) is 37.1. The Balaban J connectivity index is 3.20. The Labute approximate surface area is 132 Å². The molecule has 0 heterocycles. The zero-order chi connectivity index (χ0) is 17.0. The fourth-order valence-corrected chi connectivity index (χ4v) is 2.60. The van der Waals surface area contributed by atoms with Crippen LogP contribution in [0.5, 0.6) is 0 Å².